The van der Waals surface area contributed by atoms with Crippen molar-refractivity contribution in [1.82, 2.24) is 4.90 Å². The van der Waals surface area contributed by atoms with E-state index in [0.717, 1.165) is 10.5 Å². The number of ether oxygens (including phenoxy) is 3. The Morgan fingerprint density at radius 3 is 2.38 bits per heavy atom. The number of cyclic esters (lactones) is 1. The molecule has 0 aliphatic carbocycles. The number of benzene rings is 2. The minimum atomic E-state index is -1.29. The van der Waals surface area contributed by atoms with Gasteiger partial charge in [0.25, 0.3) is 5.91 Å². The molecule has 29 heavy (non-hydrogen) atoms. The molecule has 3 atom stereocenters. The van der Waals surface area contributed by atoms with Crippen LogP contribution in [0.2, 0.25) is 0 Å². The third-order valence-corrected chi connectivity index (χ3v) is 4.88. The molecule has 1 aliphatic heterocycles. The summed E-state index contributed by atoms with van der Waals surface area (Å²) in [5.74, 6) is -0.610. The number of hydrogen-bond donors (Lipinski definition) is 1. The maximum atomic E-state index is 13.3. The third-order valence-electron chi connectivity index (χ3n) is 4.88. The van der Waals surface area contributed by atoms with Gasteiger partial charge in [0.15, 0.2) is 6.10 Å². The first-order chi connectivity index (χ1) is 13.9. The van der Waals surface area contributed by atoms with E-state index in [2.05, 4.69) is 0 Å². The van der Waals surface area contributed by atoms with E-state index in [4.69, 9.17) is 19.9 Å². The molecule has 0 radical (unpaired) electrons. The number of nitrogens with zero attached hydrogens (tertiary/aromatic N) is 1. The molecule has 8 heteroatoms. The predicted molar refractivity (Wildman–Crippen MR) is 103 cm³/mol. The topological polar surface area (TPSA) is 108 Å². The lowest BCUT2D eigenvalue weighted by molar-refractivity contribution is -0.139. The molecule has 0 spiro atoms. The van der Waals surface area contributed by atoms with Gasteiger partial charge in [-0.05, 0) is 23.3 Å². The molecular weight excluding hydrogens is 376 g/mol. The van der Waals surface area contributed by atoms with Crippen LogP contribution in [0.15, 0.2) is 54.6 Å². The number of hydrogen-bond acceptors (Lipinski definition) is 6. The largest absolute Gasteiger partial charge is 0.497 e. The van der Waals surface area contributed by atoms with Crippen molar-refractivity contribution in [3.05, 3.63) is 65.7 Å². The molecule has 2 N–H and O–H groups in total. The SMILES string of the molecule is COc1ccc(C(C)C(OC(N)=O)C(=O)N2C(=O)OCC2c2ccccc2)cc1. The van der Waals surface area contributed by atoms with Crippen LogP contribution in [-0.2, 0) is 14.3 Å². The second kappa shape index (κ2) is 8.64. The van der Waals surface area contributed by atoms with E-state index in [1.54, 1.807) is 62.6 Å². The smallest absolute Gasteiger partial charge is 0.417 e. The van der Waals surface area contributed by atoms with Gasteiger partial charge in [-0.15, -0.1) is 0 Å². The number of carbonyl (C=O) groups excluding carboxylic acids is 3. The Bertz CT molecular complexity index is 884. The molecule has 152 valence electrons. The average molecular weight is 398 g/mol. The van der Waals surface area contributed by atoms with E-state index in [-0.39, 0.29) is 6.61 Å². The molecule has 3 amide bonds. The van der Waals surface area contributed by atoms with Crippen LogP contribution < -0.4 is 10.5 Å². The lowest BCUT2D eigenvalue weighted by Gasteiger charge is -2.28. The molecule has 3 rings (SSSR count). The van der Waals surface area contributed by atoms with Crippen LogP contribution in [0.4, 0.5) is 9.59 Å². The van der Waals surface area contributed by atoms with Crippen molar-refractivity contribution < 1.29 is 28.6 Å². The summed E-state index contributed by atoms with van der Waals surface area (Å²) in [6, 6.07) is 15.4. The van der Waals surface area contributed by atoms with Crippen molar-refractivity contribution in [2.75, 3.05) is 13.7 Å². The zero-order chi connectivity index (χ0) is 21.0. The van der Waals surface area contributed by atoms with E-state index in [1.807, 2.05) is 6.07 Å². The van der Waals surface area contributed by atoms with Crippen molar-refractivity contribution in [2.45, 2.75) is 25.0 Å². The highest BCUT2D eigenvalue weighted by Crippen LogP contribution is 2.32. The zero-order valence-corrected chi connectivity index (χ0v) is 16.1. The molecule has 0 aromatic heterocycles. The fraction of sp³-hybridized carbons (Fsp3) is 0.286. The number of amides is 3. The molecule has 2 aromatic rings. The highest BCUT2D eigenvalue weighted by Gasteiger charge is 2.44. The number of imide groups is 1. The minimum absolute atomic E-state index is 0.0226. The van der Waals surface area contributed by atoms with Crippen LogP contribution in [0.25, 0.3) is 0 Å². The fourth-order valence-corrected chi connectivity index (χ4v) is 3.30. The molecule has 0 saturated carbocycles. The lowest BCUT2D eigenvalue weighted by Crippen LogP contribution is -2.46. The number of rotatable bonds is 6. The van der Waals surface area contributed by atoms with Crippen molar-refractivity contribution in [3.8, 4) is 5.75 Å². The molecule has 8 nitrogen and oxygen atoms in total. The molecular formula is C21H22N2O6. The van der Waals surface area contributed by atoms with Crippen LogP contribution in [0.3, 0.4) is 0 Å². The molecule has 3 unspecified atom stereocenters. The first kappa shape index (κ1) is 20.2. The van der Waals surface area contributed by atoms with Crippen LogP contribution in [-0.4, -0.2) is 42.8 Å². The molecule has 1 fully saturated rings. The van der Waals surface area contributed by atoms with Gasteiger partial charge in [0.05, 0.1) is 7.11 Å². The van der Waals surface area contributed by atoms with Gasteiger partial charge in [0.1, 0.15) is 18.4 Å². The molecule has 0 bridgehead atoms. The minimum Gasteiger partial charge on any atom is -0.497 e. The zero-order valence-electron chi connectivity index (χ0n) is 16.1. The fourth-order valence-electron chi connectivity index (χ4n) is 3.30. The van der Waals surface area contributed by atoms with Gasteiger partial charge in [0.2, 0.25) is 0 Å². The Hall–Kier alpha value is -3.55. The average Bonchev–Trinajstić information content (AvgIpc) is 3.13. The lowest BCUT2D eigenvalue weighted by atomic mass is 9.93. The summed E-state index contributed by atoms with van der Waals surface area (Å²) in [6.45, 7) is 1.74. The second-order valence-corrected chi connectivity index (χ2v) is 6.63. The normalized spacial score (nSPS) is 17.9. The summed E-state index contributed by atoms with van der Waals surface area (Å²) in [5, 5.41) is 0. The molecule has 1 heterocycles. The Balaban J connectivity index is 1.91. The maximum Gasteiger partial charge on any atom is 0.417 e. The molecule has 2 aromatic carbocycles. The Morgan fingerprint density at radius 2 is 1.79 bits per heavy atom. The predicted octanol–water partition coefficient (Wildman–Crippen LogP) is 2.98. The van der Waals surface area contributed by atoms with Crippen LogP contribution in [0.1, 0.15) is 30.0 Å². The van der Waals surface area contributed by atoms with Crippen molar-refractivity contribution in [2.24, 2.45) is 5.73 Å². The van der Waals surface area contributed by atoms with Gasteiger partial charge >= 0.3 is 12.2 Å². The van der Waals surface area contributed by atoms with Gasteiger partial charge in [-0.1, -0.05) is 49.4 Å². The number of carbonyl (C=O) groups is 3. The highest BCUT2D eigenvalue weighted by molar-refractivity contribution is 5.97. The molecule has 1 saturated heterocycles. The summed E-state index contributed by atoms with van der Waals surface area (Å²) in [6.07, 6.45) is -3.19. The first-order valence-electron chi connectivity index (χ1n) is 9.07. The quantitative estimate of drug-likeness (QED) is 0.801. The van der Waals surface area contributed by atoms with Crippen LogP contribution in [0, 0.1) is 0 Å². The monoisotopic (exact) mass is 398 g/mol. The van der Waals surface area contributed by atoms with Crippen LogP contribution in [0.5, 0.6) is 5.75 Å². The number of nitrogens with two attached hydrogens (primary N) is 1. The summed E-state index contributed by atoms with van der Waals surface area (Å²) in [7, 11) is 1.55. The van der Waals surface area contributed by atoms with Gasteiger partial charge in [-0.2, -0.15) is 0 Å². The first-order valence-corrected chi connectivity index (χ1v) is 9.07. The van der Waals surface area contributed by atoms with Gasteiger partial charge in [-0.25, -0.2) is 14.5 Å². The summed E-state index contributed by atoms with van der Waals surface area (Å²) < 4.78 is 15.4. The van der Waals surface area contributed by atoms with Crippen molar-refractivity contribution in [1.29, 1.82) is 0 Å². The standard InChI is InChI=1S/C21H22N2O6/c1-13(14-8-10-16(27-2)11-9-14)18(29-20(22)25)19(24)23-17(12-28-21(23)26)15-6-4-3-5-7-15/h3-11,13,17-18H,12H2,1-2H3,(H2,22,25). The number of methoxy groups -OCH3 is 1. The van der Waals surface area contributed by atoms with E-state index in [0.29, 0.717) is 11.3 Å². The molecule has 1 aliphatic rings. The number of primary amides is 1. The van der Waals surface area contributed by atoms with E-state index >= 15 is 0 Å². The van der Waals surface area contributed by atoms with E-state index in [9.17, 15) is 14.4 Å². The van der Waals surface area contributed by atoms with Crippen molar-refractivity contribution in [3.63, 3.8) is 0 Å². The van der Waals surface area contributed by atoms with Crippen LogP contribution >= 0.6 is 0 Å². The van der Waals surface area contributed by atoms with E-state index < -0.39 is 36.2 Å². The van der Waals surface area contributed by atoms with Crippen molar-refractivity contribution >= 4 is 18.1 Å². The van der Waals surface area contributed by atoms with Gasteiger partial charge in [-0.3, -0.25) is 4.79 Å². The maximum absolute atomic E-state index is 13.3. The second-order valence-electron chi connectivity index (χ2n) is 6.63. The Labute approximate surface area is 168 Å². The van der Waals surface area contributed by atoms with Gasteiger partial charge in [0, 0.05) is 5.92 Å². The summed E-state index contributed by atoms with van der Waals surface area (Å²) >= 11 is 0. The summed E-state index contributed by atoms with van der Waals surface area (Å²) in [4.78, 5) is 38.1. The van der Waals surface area contributed by atoms with E-state index in [1.165, 1.54) is 0 Å². The third kappa shape index (κ3) is 4.31. The Morgan fingerprint density at radius 1 is 1.14 bits per heavy atom. The Kier molecular flexibility index (Phi) is 6.01. The van der Waals surface area contributed by atoms with Gasteiger partial charge < -0.3 is 19.9 Å². The highest BCUT2D eigenvalue weighted by atomic mass is 16.6. The summed E-state index contributed by atoms with van der Waals surface area (Å²) in [5.41, 5.74) is 6.66.